The van der Waals surface area contributed by atoms with Gasteiger partial charge in [-0.1, -0.05) is 6.07 Å². The second kappa shape index (κ2) is 9.86. The highest BCUT2D eigenvalue weighted by Crippen LogP contribution is 2.08. The fourth-order valence-electron chi connectivity index (χ4n) is 2.52. The molecule has 26 heavy (non-hydrogen) atoms. The molecule has 3 N–H and O–H groups in total. The fraction of sp³-hybridized carbons (Fsp3) is 0.500. The third kappa shape index (κ3) is 5.66. The first-order chi connectivity index (χ1) is 12.1. The van der Waals surface area contributed by atoms with E-state index in [2.05, 4.69) is 42.6 Å². The summed E-state index contributed by atoms with van der Waals surface area (Å²) in [5.41, 5.74) is 0. The lowest BCUT2D eigenvalue weighted by atomic mass is 10.1. The van der Waals surface area contributed by atoms with Crippen molar-refractivity contribution in [3.05, 3.63) is 34.0 Å². The van der Waals surface area contributed by atoms with Gasteiger partial charge in [0, 0.05) is 30.9 Å². The molecule has 8 nitrogen and oxygen atoms in total. The van der Waals surface area contributed by atoms with Gasteiger partial charge in [0.15, 0.2) is 11.8 Å². The SMILES string of the molecule is Cc1nnc(CN=C(NCc2cccs2)NC2CCC(=O)NC2)n1C.I. The van der Waals surface area contributed by atoms with Crippen LogP contribution in [-0.2, 0) is 24.9 Å². The summed E-state index contributed by atoms with van der Waals surface area (Å²) in [6.45, 7) is 3.68. The van der Waals surface area contributed by atoms with Crippen molar-refractivity contribution in [2.75, 3.05) is 6.54 Å². The minimum atomic E-state index is 0. The zero-order valence-electron chi connectivity index (χ0n) is 14.9. The van der Waals surface area contributed by atoms with Crippen molar-refractivity contribution in [1.82, 2.24) is 30.7 Å². The third-order valence-electron chi connectivity index (χ3n) is 4.18. The highest BCUT2D eigenvalue weighted by atomic mass is 127. The number of aromatic nitrogens is 3. The lowest BCUT2D eigenvalue weighted by Gasteiger charge is -2.25. The van der Waals surface area contributed by atoms with Gasteiger partial charge in [0.1, 0.15) is 12.4 Å². The van der Waals surface area contributed by atoms with Crippen LogP contribution in [0.25, 0.3) is 0 Å². The van der Waals surface area contributed by atoms with Crippen LogP contribution in [0.4, 0.5) is 0 Å². The van der Waals surface area contributed by atoms with Gasteiger partial charge in [-0.15, -0.1) is 45.5 Å². The molecule has 2 aromatic rings. The first-order valence-electron chi connectivity index (χ1n) is 8.30. The highest BCUT2D eigenvalue weighted by Gasteiger charge is 2.19. The molecule has 0 bridgehead atoms. The van der Waals surface area contributed by atoms with E-state index in [1.165, 1.54) is 4.88 Å². The van der Waals surface area contributed by atoms with Gasteiger partial charge in [-0.05, 0) is 24.8 Å². The zero-order chi connectivity index (χ0) is 17.6. The van der Waals surface area contributed by atoms with Gasteiger partial charge in [-0.3, -0.25) is 4.79 Å². The molecule has 1 fully saturated rings. The Kier molecular flexibility index (Phi) is 7.82. The maximum absolute atomic E-state index is 11.3. The summed E-state index contributed by atoms with van der Waals surface area (Å²) in [7, 11) is 1.93. The Morgan fingerprint density at radius 3 is 2.96 bits per heavy atom. The number of rotatable bonds is 5. The number of guanidine groups is 1. The van der Waals surface area contributed by atoms with Crippen molar-refractivity contribution in [1.29, 1.82) is 0 Å². The summed E-state index contributed by atoms with van der Waals surface area (Å²) >= 11 is 1.70. The number of piperidine rings is 1. The molecule has 1 atom stereocenters. The van der Waals surface area contributed by atoms with Gasteiger partial charge >= 0.3 is 0 Å². The minimum Gasteiger partial charge on any atom is -0.354 e. The maximum atomic E-state index is 11.3. The lowest BCUT2D eigenvalue weighted by Crippen LogP contribution is -2.51. The van der Waals surface area contributed by atoms with Gasteiger partial charge < -0.3 is 20.5 Å². The van der Waals surface area contributed by atoms with Crippen LogP contribution in [0.15, 0.2) is 22.5 Å². The van der Waals surface area contributed by atoms with Gasteiger partial charge in [-0.2, -0.15) is 0 Å². The molecule has 0 spiro atoms. The summed E-state index contributed by atoms with van der Waals surface area (Å²) in [6.07, 6.45) is 1.34. The predicted molar refractivity (Wildman–Crippen MR) is 113 cm³/mol. The number of nitrogens with zero attached hydrogens (tertiary/aromatic N) is 4. The molecular formula is C16H24IN7OS. The summed E-state index contributed by atoms with van der Waals surface area (Å²) in [5.74, 6) is 2.50. The van der Waals surface area contributed by atoms with E-state index in [1.807, 2.05) is 24.6 Å². The summed E-state index contributed by atoms with van der Waals surface area (Å²) in [6, 6.07) is 4.29. The van der Waals surface area contributed by atoms with E-state index in [4.69, 9.17) is 0 Å². The smallest absolute Gasteiger partial charge is 0.220 e. The molecule has 0 aromatic carbocycles. The van der Waals surface area contributed by atoms with Gasteiger partial charge in [-0.25, -0.2) is 4.99 Å². The first kappa shape index (κ1) is 20.6. The Balaban J connectivity index is 0.00000243. The molecule has 1 saturated heterocycles. The van der Waals surface area contributed by atoms with E-state index in [1.54, 1.807) is 11.3 Å². The molecule has 10 heteroatoms. The van der Waals surface area contributed by atoms with E-state index in [-0.39, 0.29) is 35.9 Å². The van der Waals surface area contributed by atoms with Crippen LogP contribution >= 0.6 is 35.3 Å². The quantitative estimate of drug-likeness (QED) is 0.335. The summed E-state index contributed by atoms with van der Waals surface area (Å²) in [5, 5.41) is 19.9. The highest BCUT2D eigenvalue weighted by molar-refractivity contribution is 14.0. The number of carbonyl (C=O) groups excluding carboxylic acids is 1. The molecule has 3 rings (SSSR count). The van der Waals surface area contributed by atoms with Crippen LogP contribution in [0, 0.1) is 6.92 Å². The number of carbonyl (C=O) groups is 1. The maximum Gasteiger partial charge on any atom is 0.220 e. The molecule has 1 amide bonds. The lowest BCUT2D eigenvalue weighted by molar-refractivity contribution is -0.122. The average Bonchev–Trinajstić information content (AvgIpc) is 3.24. The van der Waals surface area contributed by atoms with Crippen molar-refractivity contribution in [3.8, 4) is 0 Å². The van der Waals surface area contributed by atoms with Crippen molar-refractivity contribution in [2.24, 2.45) is 12.0 Å². The van der Waals surface area contributed by atoms with Gasteiger partial charge in [0.05, 0.1) is 6.54 Å². The number of aliphatic imine (C=N–C) groups is 1. The molecular weight excluding hydrogens is 465 g/mol. The van der Waals surface area contributed by atoms with Crippen LogP contribution in [0.3, 0.4) is 0 Å². The molecule has 0 saturated carbocycles. The van der Waals surface area contributed by atoms with Crippen molar-refractivity contribution in [3.63, 3.8) is 0 Å². The van der Waals surface area contributed by atoms with Crippen LogP contribution in [0.2, 0.25) is 0 Å². The zero-order valence-corrected chi connectivity index (χ0v) is 18.0. The van der Waals surface area contributed by atoms with Gasteiger partial charge in [0.25, 0.3) is 0 Å². The third-order valence-corrected chi connectivity index (χ3v) is 5.05. The largest absolute Gasteiger partial charge is 0.354 e. The van der Waals surface area contributed by atoms with Crippen LogP contribution in [0.1, 0.15) is 29.4 Å². The number of halogens is 1. The summed E-state index contributed by atoms with van der Waals surface area (Å²) < 4.78 is 1.93. The molecule has 0 aliphatic carbocycles. The standard InChI is InChI=1S/C16H23N7OS.HI/c1-11-21-22-14(23(11)2)10-19-16(18-9-13-4-3-7-25-13)20-12-5-6-15(24)17-8-12;/h3-4,7,12H,5-6,8-10H2,1-2H3,(H,17,24)(H2,18,19,20);1H. The molecule has 0 radical (unpaired) electrons. The molecule has 1 aliphatic heterocycles. The van der Waals surface area contributed by atoms with Crippen LogP contribution < -0.4 is 16.0 Å². The fourth-order valence-corrected chi connectivity index (χ4v) is 3.17. The molecule has 3 heterocycles. The number of nitrogens with one attached hydrogen (secondary N) is 3. The number of thiophene rings is 1. The molecule has 1 aliphatic rings. The summed E-state index contributed by atoms with van der Waals surface area (Å²) in [4.78, 5) is 17.2. The Bertz CT molecular complexity index is 734. The van der Waals surface area contributed by atoms with E-state index in [9.17, 15) is 4.79 Å². The first-order valence-corrected chi connectivity index (χ1v) is 9.18. The van der Waals surface area contributed by atoms with E-state index in [0.717, 1.165) is 24.0 Å². The van der Waals surface area contributed by atoms with Gasteiger partial charge in [0.2, 0.25) is 5.91 Å². The van der Waals surface area contributed by atoms with Crippen LogP contribution in [0.5, 0.6) is 0 Å². The van der Waals surface area contributed by atoms with Crippen molar-refractivity contribution in [2.45, 2.75) is 38.9 Å². The number of hydrogen-bond donors (Lipinski definition) is 3. The Morgan fingerprint density at radius 2 is 2.35 bits per heavy atom. The predicted octanol–water partition coefficient (Wildman–Crippen LogP) is 1.32. The number of aryl methyl sites for hydroxylation is 1. The molecule has 1 unspecified atom stereocenters. The molecule has 142 valence electrons. The van der Waals surface area contributed by atoms with E-state index >= 15 is 0 Å². The van der Waals surface area contributed by atoms with E-state index < -0.39 is 0 Å². The Hall–Kier alpha value is -1.69. The molecule has 2 aromatic heterocycles. The monoisotopic (exact) mass is 489 g/mol. The van der Waals surface area contributed by atoms with Crippen molar-refractivity contribution < 1.29 is 4.79 Å². The van der Waals surface area contributed by atoms with Crippen molar-refractivity contribution >= 4 is 47.2 Å². The topological polar surface area (TPSA) is 96.2 Å². The Labute approximate surface area is 173 Å². The second-order valence-electron chi connectivity index (χ2n) is 6.00. The van der Waals surface area contributed by atoms with Crippen LogP contribution in [-0.4, -0.2) is 39.2 Å². The Morgan fingerprint density at radius 1 is 1.50 bits per heavy atom. The number of amides is 1. The van der Waals surface area contributed by atoms with E-state index in [0.29, 0.717) is 26.1 Å². The minimum absolute atomic E-state index is 0. The second-order valence-corrected chi connectivity index (χ2v) is 7.04. The number of hydrogen-bond acceptors (Lipinski definition) is 5. The average molecular weight is 489 g/mol. The normalized spacial score (nSPS) is 17.4.